The van der Waals surface area contributed by atoms with Gasteiger partial charge >= 0.3 is 0 Å². The van der Waals surface area contributed by atoms with Crippen molar-refractivity contribution in [2.75, 3.05) is 10.6 Å². The molecule has 1 aromatic heterocycles. The number of hydrogen-bond donors (Lipinski definition) is 3. The summed E-state index contributed by atoms with van der Waals surface area (Å²) in [6, 6.07) is 7.72. The largest absolute Gasteiger partial charge is 0.330 e. The van der Waals surface area contributed by atoms with Crippen LogP contribution in [0.25, 0.3) is 0 Å². The summed E-state index contributed by atoms with van der Waals surface area (Å²) in [5.41, 5.74) is 2.66. The maximum absolute atomic E-state index is 12.3. The summed E-state index contributed by atoms with van der Waals surface area (Å²) < 4.78 is 0. The van der Waals surface area contributed by atoms with Gasteiger partial charge in [0.1, 0.15) is 18.0 Å². The van der Waals surface area contributed by atoms with Gasteiger partial charge in [0.05, 0.1) is 0 Å². The summed E-state index contributed by atoms with van der Waals surface area (Å²) in [5, 5.41) is 21.0. The third-order valence-corrected chi connectivity index (χ3v) is 3.30. The molecule has 2 rings (SSSR count). The number of carbonyl (C=O) groups is 1. The van der Waals surface area contributed by atoms with Crippen molar-refractivity contribution in [2.24, 2.45) is 0 Å². The molecule has 1 aromatic carbocycles. The van der Waals surface area contributed by atoms with Crippen molar-refractivity contribution in [3.05, 3.63) is 47.4 Å². The first kappa shape index (κ1) is 16.2. The highest BCUT2D eigenvalue weighted by Crippen LogP contribution is 2.27. The lowest BCUT2D eigenvalue weighted by atomic mass is 9.98. The smallest absolute Gasteiger partial charge is 0.267 e. The van der Waals surface area contributed by atoms with E-state index < -0.39 is 5.91 Å². The van der Waals surface area contributed by atoms with Gasteiger partial charge in [-0.2, -0.15) is 15.3 Å². The molecular formula is C16H18N6O. The van der Waals surface area contributed by atoms with Gasteiger partial charge in [0.2, 0.25) is 5.95 Å². The predicted octanol–water partition coefficient (Wildman–Crippen LogP) is 2.69. The molecule has 2 aromatic rings. The number of aromatic amines is 1. The van der Waals surface area contributed by atoms with Crippen molar-refractivity contribution in [2.45, 2.75) is 26.7 Å². The zero-order valence-corrected chi connectivity index (χ0v) is 13.2. The number of benzene rings is 1. The molecule has 1 heterocycles. The summed E-state index contributed by atoms with van der Waals surface area (Å²) in [7, 11) is 0. The monoisotopic (exact) mass is 310 g/mol. The van der Waals surface area contributed by atoms with Gasteiger partial charge in [-0.1, -0.05) is 32.0 Å². The lowest BCUT2D eigenvalue weighted by Gasteiger charge is -2.16. The van der Waals surface area contributed by atoms with Gasteiger partial charge in [-0.3, -0.25) is 4.79 Å². The SMILES string of the molecule is Cc1cccc(C(C)C)c1NC(=O)/C(C#N)=C\Nc1ncn[nH]1. The number of rotatable bonds is 5. The molecule has 23 heavy (non-hydrogen) atoms. The highest BCUT2D eigenvalue weighted by molar-refractivity contribution is 6.07. The van der Waals surface area contributed by atoms with Crippen LogP contribution in [-0.2, 0) is 4.79 Å². The number of aryl methyl sites for hydroxylation is 1. The van der Waals surface area contributed by atoms with E-state index in [9.17, 15) is 10.1 Å². The average molecular weight is 310 g/mol. The minimum Gasteiger partial charge on any atom is -0.330 e. The number of nitriles is 1. The predicted molar refractivity (Wildman–Crippen MR) is 87.6 cm³/mol. The molecule has 7 heteroatoms. The second-order valence-corrected chi connectivity index (χ2v) is 5.30. The van der Waals surface area contributed by atoms with Gasteiger partial charge in [0.25, 0.3) is 5.91 Å². The molecule has 0 aliphatic heterocycles. The highest BCUT2D eigenvalue weighted by atomic mass is 16.1. The van der Waals surface area contributed by atoms with Crippen LogP contribution >= 0.6 is 0 Å². The Morgan fingerprint density at radius 1 is 1.43 bits per heavy atom. The molecule has 0 aliphatic carbocycles. The number of aromatic nitrogens is 3. The summed E-state index contributed by atoms with van der Waals surface area (Å²) in [6.45, 7) is 6.03. The minimum atomic E-state index is -0.476. The summed E-state index contributed by atoms with van der Waals surface area (Å²) >= 11 is 0. The number of hydrogen-bond acceptors (Lipinski definition) is 5. The Morgan fingerprint density at radius 3 is 2.83 bits per heavy atom. The topological polar surface area (TPSA) is 106 Å². The number of para-hydroxylation sites is 1. The second-order valence-electron chi connectivity index (χ2n) is 5.30. The fourth-order valence-electron chi connectivity index (χ4n) is 2.09. The van der Waals surface area contributed by atoms with Crippen LogP contribution in [0.1, 0.15) is 30.9 Å². The van der Waals surface area contributed by atoms with Crippen LogP contribution in [0, 0.1) is 18.3 Å². The molecule has 0 fully saturated rings. The van der Waals surface area contributed by atoms with E-state index in [1.807, 2.05) is 31.2 Å². The molecule has 0 radical (unpaired) electrons. The van der Waals surface area contributed by atoms with Crippen molar-refractivity contribution >= 4 is 17.5 Å². The van der Waals surface area contributed by atoms with E-state index >= 15 is 0 Å². The molecule has 7 nitrogen and oxygen atoms in total. The third kappa shape index (κ3) is 3.95. The molecular weight excluding hydrogens is 292 g/mol. The first-order chi connectivity index (χ1) is 11.0. The summed E-state index contributed by atoms with van der Waals surface area (Å²) in [4.78, 5) is 16.2. The molecule has 118 valence electrons. The minimum absolute atomic E-state index is 0.0561. The van der Waals surface area contributed by atoms with E-state index in [0.29, 0.717) is 5.95 Å². The van der Waals surface area contributed by atoms with Crippen molar-refractivity contribution in [1.82, 2.24) is 15.2 Å². The van der Waals surface area contributed by atoms with E-state index in [2.05, 4.69) is 39.7 Å². The van der Waals surface area contributed by atoms with E-state index in [1.165, 1.54) is 12.5 Å². The van der Waals surface area contributed by atoms with Crippen LogP contribution in [-0.4, -0.2) is 21.1 Å². The fraction of sp³-hybridized carbons (Fsp3) is 0.250. The standard InChI is InChI=1S/C16H18N6O/c1-10(2)13-6-4-5-11(3)14(13)21-15(23)12(7-17)8-18-16-19-9-20-22-16/h4-6,8-10H,1-3H3,(H,21,23)(H2,18,19,20,22)/b12-8-. The Kier molecular flexibility index (Phi) is 5.10. The Hall–Kier alpha value is -3.14. The van der Waals surface area contributed by atoms with Crippen molar-refractivity contribution in [1.29, 1.82) is 5.26 Å². The van der Waals surface area contributed by atoms with Crippen LogP contribution in [0.4, 0.5) is 11.6 Å². The van der Waals surface area contributed by atoms with Crippen molar-refractivity contribution in [3.8, 4) is 6.07 Å². The van der Waals surface area contributed by atoms with E-state index in [1.54, 1.807) is 0 Å². The highest BCUT2D eigenvalue weighted by Gasteiger charge is 2.15. The Balaban J connectivity index is 2.21. The first-order valence-corrected chi connectivity index (χ1v) is 7.16. The molecule has 0 unspecified atom stereocenters. The lowest BCUT2D eigenvalue weighted by Crippen LogP contribution is -2.17. The molecule has 3 N–H and O–H groups in total. The third-order valence-electron chi connectivity index (χ3n) is 3.30. The molecule has 0 bridgehead atoms. The average Bonchev–Trinajstić information content (AvgIpc) is 3.03. The second kappa shape index (κ2) is 7.22. The van der Waals surface area contributed by atoms with Gasteiger partial charge in [-0.25, -0.2) is 5.10 Å². The zero-order chi connectivity index (χ0) is 16.8. The van der Waals surface area contributed by atoms with E-state index in [-0.39, 0.29) is 11.5 Å². The first-order valence-electron chi connectivity index (χ1n) is 7.16. The van der Waals surface area contributed by atoms with Gasteiger partial charge in [-0.15, -0.1) is 0 Å². The maximum Gasteiger partial charge on any atom is 0.267 e. The normalized spacial score (nSPS) is 11.2. The molecule has 0 saturated heterocycles. The quantitative estimate of drug-likeness (QED) is 0.581. The van der Waals surface area contributed by atoms with E-state index in [4.69, 9.17) is 0 Å². The van der Waals surface area contributed by atoms with Gasteiger partial charge in [-0.05, 0) is 24.0 Å². The van der Waals surface area contributed by atoms with Crippen LogP contribution in [0.15, 0.2) is 36.3 Å². The Morgan fingerprint density at radius 2 is 2.22 bits per heavy atom. The van der Waals surface area contributed by atoms with Crippen molar-refractivity contribution in [3.63, 3.8) is 0 Å². The Labute approximate surface area is 134 Å². The summed E-state index contributed by atoms with van der Waals surface area (Å²) in [5.74, 6) is 0.132. The molecule has 0 aliphatic rings. The van der Waals surface area contributed by atoms with Crippen molar-refractivity contribution < 1.29 is 4.79 Å². The zero-order valence-electron chi connectivity index (χ0n) is 13.2. The van der Waals surface area contributed by atoms with Crippen LogP contribution in [0.3, 0.4) is 0 Å². The number of carbonyl (C=O) groups excluding carboxylic acids is 1. The van der Waals surface area contributed by atoms with E-state index in [0.717, 1.165) is 16.8 Å². The number of amides is 1. The number of nitrogens with one attached hydrogen (secondary N) is 3. The van der Waals surface area contributed by atoms with Gasteiger partial charge in [0.15, 0.2) is 0 Å². The fourth-order valence-corrected chi connectivity index (χ4v) is 2.09. The Bertz CT molecular complexity index is 755. The number of H-pyrrole nitrogens is 1. The molecule has 1 amide bonds. The number of anilines is 2. The lowest BCUT2D eigenvalue weighted by molar-refractivity contribution is -0.112. The molecule has 0 atom stereocenters. The van der Waals surface area contributed by atoms with Crippen LogP contribution in [0.5, 0.6) is 0 Å². The summed E-state index contributed by atoms with van der Waals surface area (Å²) in [6.07, 6.45) is 2.62. The van der Waals surface area contributed by atoms with Gasteiger partial charge in [0, 0.05) is 11.9 Å². The maximum atomic E-state index is 12.3. The van der Waals surface area contributed by atoms with Crippen LogP contribution in [0.2, 0.25) is 0 Å². The van der Waals surface area contributed by atoms with Gasteiger partial charge < -0.3 is 10.6 Å². The number of nitrogens with zero attached hydrogens (tertiary/aromatic N) is 3. The molecule has 0 saturated carbocycles. The van der Waals surface area contributed by atoms with Crippen LogP contribution < -0.4 is 10.6 Å². The molecule has 0 spiro atoms.